The van der Waals surface area contributed by atoms with E-state index >= 15 is 0 Å². The number of nitro groups is 1. The van der Waals surface area contributed by atoms with Gasteiger partial charge in [0.05, 0.1) is 4.92 Å². The van der Waals surface area contributed by atoms with Crippen molar-refractivity contribution in [1.82, 2.24) is 4.31 Å². The standard InChI is InChI=1S/C13H17ClN2O4S/c1-2-11-5-3-4-8-15(11)21(19,20)13-7-6-10(14)9-12(13)16(17)18/h6-7,9,11H,2-5,8H2,1H3. The third-order valence-electron chi connectivity index (χ3n) is 3.75. The SMILES string of the molecule is CCC1CCCCN1S(=O)(=O)c1ccc(Cl)cc1[N+](=O)[O-]. The fraction of sp³-hybridized carbons (Fsp3) is 0.538. The van der Waals surface area contributed by atoms with Gasteiger partial charge in [0.2, 0.25) is 10.0 Å². The van der Waals surface area contributed by atoms with E-state index in [0.29, 0.717) is 13.0 Å². The lowest BCUT2D eigenvalue weighted by Gasteiger charge is -2.33. The van der Waals surface area contributed by atoms with Crippen LogP contribution in [0, 0.1) is 10.1 Å². The average Bonchev–Trinajstić information content (AvgIpc) is 2.46. The molecule has 1 fully saturated rings. The summed E-state index contributed by atoms with van der Waals surface area (Å²) in [6, 6.07) is 3.57. The zero-order valence-corrected chi connectivity index (χ0v) is 13.2. The second kappa shape index (κ2) is 6.29. The molecule has 0 saturated carbocycles. The van der Waals surface area contributed by atoms with Crippen molar-refractivity contribution in [3.63, 3.8) is 0 Å². The van der Waals surface area contributed by atoms with E-state index in [2.05, 4.69) is 0 Å². The van der Waals surface area contributed by atoms with Crippen molar-refractivity contribution in [3.8, 4) is 0 Å². The van der Waals surface area contributed by atoms with Crippen LogP contribution in [0.2, 0.25) is 5.02 Å². The van der Waals surface area contributed by atoms with Gasteiger partial charge in [-0.05, 0) is 31.4 Å². The summed E-state index contributed by atoms with van der Waals surface area (Å²) in [7, 11) is -3.88. The number of nitro benzene ring substituents is 1. The molecule has 1 aliphatic heterocycles. The Hall–Kier alpha value is -1.18. The number of rotatable bonds is 4. The summed E-state index contributed by atoms with van der Waals surface area (Å²) in [6.45, 7) is 2.33. The van der Waals surface area contributed by atoms with Gasteiger partial charge in [0.15, 0.2) is 4.90 Å². The lowest BCUT2D eigenvalue weighted by Crippen LogP contribution is -2.43. The molecule has 0 N–H and O–H groups in total. The first-order chi connectivity index (χ1) is 9.87. The zero-order chi connectivity index (χ0) is 15.6. The highest BCUT2D eigenvalue weighted by atomic mass is 35.5. The maximum absolute atomic E-state index is 12.8. The molecule has 1 saturated heterocycles. The quantitative estimate of drug-likeness (QED) is 0.626. The Labute approximate surface area is 128 Å². The van der Waals surface area contributed by atoms with Gasteiger partial charge in [-0.1, -0.05) is 24.9 Å². The molecular weight excluding hydrogens is 316 g/mol. The fourth-order valence-electron chi connectivity index (χ4n) is 2.68. The molecule has 1 aromatic carbocycles. The maximum Gasteiger partial charge on any atom is 0.290 e. The molecule has 8 heteroatoms. The molecule has 1 aliphatic rings. The molecule has 2 rings (SSSR count). The number of halogens is 1. The van der Waals surface area contributed by atoms with Gasteiger partial charge in [0.1, 0.15) is 0 Å². The van der Waals surface area contributed by atoms with Crippen molar-refractivity contribution in [2.75, 3.05) is 6.54 Å². The van der Waals surface area contributed by atoms with Gasteiger partial charge in [-0.2, -0.15) is 4.31 Å². The molecule has 0 radical (unpaired) electrons. The third-order valence-corrected chi connectivity index (χ3v) is 5.98. The van der Waals surface area contributed by atoms with Gasteiger partial charge in [0.25, 0.3) is 5.69 Å². The van der Waals surface area contributed by atoms with Gasteiger partial charge in [-0.15, -0.1) is 0 Å². The molecule has 0 spiro atoms. The van der Waals surface area contributed by atoms with E-state index in [0.717, 1.165) is 25.3 Å². The molecule has 0 aliphatic carbocycles. The van der Waals surface area contributed by atoms with E-state index in [1.54, 1.807) is 0 Å². The van der Waals surface area contributed by atoms with Crippen molar-refractivity contribution in [2.45, 2.75) is 43.5 Å². The van der Waals surface area contributed by atoms with Crippen LogP contribution in [0.15, 0.2) is 23.1 Å². The Morgan fingerprint density at radius 3 is 2.76 bits per heavy atom. The van der Waals surface area contributed by atoms with E-state index in [9.17, 15) is 18.5 Å². The summed E-state index contributed by atoms with van der Waals surface area (Å²) in [5.74, 6) is 0. The fourth-order valence-corrected chi connectivity index (χ4v) is 4.75. The summed E-state index contributed by atoms with van der Waals surface area (Å²) in [4.78, 5) is 10.1. The molecule has 0 aromatic heterocycles. The number of hydrogen-bond donors (Lipinski definition) is 0. The number of sulfonamides is 1. The van der Waals surface area contributed by atoms with E-state index in [-0.39, 0.29) is 16.0 Å². The molecule has 116 valence electrons. The van der Waals surface area contributed by atoms with Crippen LogP contribution in [0.4, 0.5) is 5.69 Å². The van der Waals surface area contributed by atoms with Crippen LogP contribution in [-0.2, 0) is 10.0 Å². The Balaban J connectivity index is 2.51. The second-order valence-electron chi connectivity index (χ2n) is 5.04. The van der Waals surface area contributed by atoms with Gasteiger partial charge in [-0.3, -0.25) is 10.1 Å². The Morgan fingerprint density at radius 1 is 1.43 bits per heavy atom. The average molecular weight is 333 g/mol. The first kappa shape index (κ1) is 16.2. The van der Waals surface area contributed by atoms with Crippen LogP contribution in [-0.4, -0.2) is 30.2 Å². The summed E-state index contributed by atoms with van der Waals surface area (Å²) < 4.78 is 26.9. The number of hydrogen-bond acceptors (Lipinski definition) is 4. The summed E-state index contributed by atoms with van der Waals surface area (Å²) in [6.07, 6.45) is 3.24. The highest BCUT2D eigenvalue weighted by Crippen LogP contribution is 2.33. The van der Waals surface area contributed by atoms with Crippen molar-refractivity contribution in [3.05, 3.63) is 33.3 Å². The van der Waals surface area contributed by atoms with Gasteiger partial charge in [0, 0.05) is 23.7 Å². The first-order valence-corrected chi connectivity index (χ1v) is 8.65. The number of nitrogens with zero attached hydrogens (tertiary/aromatic N) is 2. The minimum atomic E-state index is -3.88. The number of benzene rings is 1. The molecule has 1 aromatic rings. The first-order valence-electron chi connectivity index (χ1n) is 6.83. The minimum Gasteiger partial charge on any atom is -0.258 e. The highest BCUT2D eigenvalue weighted by molar-refractivity contribution is 7.89. The molecule has 21 heavy (non-hydrogen) atoms. The van der Waals surface area contributed by atoms with Crippen LogP contribution in [0.25, 0.3) is 0 Å². The third kappa shape index (κ3) is 3.20. The van der Waals surface area contributed by atoms with Crippen LogP contribution in [0.1, 0.15) is 32.6 Å². The van der Waals surface area contributed by atoms with Crippen molar-refractivity contribution < 1.29 is 13.3 Å². The zero-order valence-electron chi connectivity index (χ0n) is 11.7. The monoisotopic (exact) mass is 332 g/mol. The van der Waals surface area contributed by atoms with Crippen LogP contribution in [0.3, 0.4) is 0 Å². The van der Waals surface area contributed by atoms with Crippen molar-refractivity contribution in [1.29, 1.82) is 0 Å². The lowest BCUT2D eigenvalue weighted by molar-refractivity contribution is -0.387. The van der Waals surface area contributed by atoms with Gasteiger partial charge >= 0.3 is 0 Å². The van der Waals surface area contributed by atoms with Crippen LogP contribution < -0.4 is 0 Å². The number of piperidine rings is 1. The van der Waals surface area contributed by atoms with E-state index in [1.807, 2.05) is 6.92 Å². The molecule has 1 atom stereocenters. The Kier molecular flexibility index (Phi) is 4.85. The Morgan fingerprint density at radius 2 is 2.14 bits per heavy atom. The summed E-state index contributed by atoms with van der Waals surface area (Å²) >= 11 is 5.74. The molecule has 1 unspecified atom stereocenters. The second-order valence-corrected chi connectivity index (χ2v) is 7.34. The maximum atomic E-state index is 12.8. The smallest absolute Gasteiger partial charge is 0.258 e. The minimum absolute atomic E-state index is 0.0981. The van der Waals surface area contributed by atoms with Crippen molar-refractivity contribution in [2.24, 2.45) is 0 Å². The predicted octanol–water partition coefficient (Wildman–Crippen LogP) is 3.20. The van der Waals surface area contributed by atoms with E-state index < -0.39 is 20.6 Å². The summed E-state index contributed by atoms with van der Waals surface area (Å²) in [5, 5.41) is 11.3. The highest BCUT2D eigenvalue weighted by Gasteiger charge is 2.36. The van der Waals surface area contributed by atoms with Crippen LogP contribution in [0.5, 0.6) is 0 Å². The topological polar surface area (TPSA) is 80.5 Å². The molecule has 1 heterocycles. The van der Waals surface area contributed by atoms with Crippen LogP contribution >= 0.6 is 11.6 Å². The summed E-state index contributed by atoms with van der Waals surface area (Å²) in [5.41, 5.74) is -0.470. The van der Waals surface area contributed by atoms with Crippen molar-refractivity contribution >= 4 is 27.3 Å². The molecule has 0 amide bonds. The largest absolute Gasteiger partial charge is 0.290 e. The predicted molar refractivity (Wildman–Crippen MR) is 79.9 cm³/mol. The Bertz CT molecular complexity index is 648. The normalized spacial score (nSPS) is 20.4. The molecule has 0 bridgehead atoms. The lowest BCUT2D eigenvalue weighted by atomic mass is 10.0. The van der Waals surface area contributed by atoms with Gasteiger partial charge in [-0.25, -0.2) is 8.42 Å². The van der Waals surface area contributed by atoms with E-state index in [4.69, 9.17) is 11.6 Å². The van der Waals surface area contributed by atoms with Gasteiger partial charge < -0.3 is 0 Å². The van der Waals surface area contributed by atoms with E-state index in [1.165, 1.54) is 16.4 Å². The molecular formula is C13H17ClN2O4S. The molecule has 6 nitrogen and oxygen atoms in total.